The molecule has 0 N–H and O–H groups in total. The van der Waals surface area contributed by atoms with Gasteiger partial charge in [0.1, 0.15) is 11.5 Å². The van der Waals surface area contributed by atoms with Crippen molar-refractivity contribution in [3.05, 3.63) is 34.7 Å². The summed E-state index contributed by atoms with van der Waals surface area (Å²) in [5.41, 5.74) is 1.58. The summed E-state index contributed by atoms with van der Waals surface area (Å²) in [5, 5.41) is 1.43. The number of ether oxygens (including phenoxy) is 1. The highest BCUT2D eigenvalue weighted by Crippen LogP contribution is 2.51. The summed E-state index contributed by atoms with van der Waals surface area (Å²) in [6.45, 7) is 23.6. The molecule has 1 aliphatic heterocycles. The first-order valence-corrected chi connectivity index (χ1v) is 14.0. The van der Waals surface area contributed by atoms with E-state index >= 15 is 0 Å². The fourth-order valence-corrected chi connectivity index (χ4v) is 5.97. The van der Waals surface area contributed by atoms with Crippen LogP contribution in [0.3, 0.4) is 0 Å². The molecule has 0 saturated heterocycles. The van der Waals surface area contributed by atoms with Crippen LogP contribution in [0.25, 0.3) is 15.8 Å². The number of benzene rings is 1. The zero-order valence-electron chi connectivity index (χ0n) is 19.2. The van der Waals surface area contributed by atoms with Crippen LogP contribution in [0, 0.1) is 10.8 Å². The Morgan fingerprint density at radius 1 is 1.04 bits per heavy atom. The van der Waals surface area contributed by atoms with Gasteiger partial charge in [-0.25, -0.2) is 0 Å². The Labute approximate surface area is 176 Å². The molecule has 2 nitrogen and oxygen atoms in total. The van der Waals surface area contributed by atoms with E-state index in [1.807, 2.05) is 11.3 Å². The normalized spacial score (nSPS) is 17.9. The number of hydrogen-bond acceptors (Lipinski definition) is 3. The summed E-state index contributed by atoms with van der Waals surface area (Å²) in [6, 6.07) is 8.80. The van der Waals surface area contributed by atoms with Gasteiger partial charge < -0.3 is 9.16 Å². The van der Waals surface area contributed by atoms with Crippen LogP contribution in [0.15, 0.2) is 29.8 Å². The Morgan fingerprint density at radius 2 is 1.68 bits per heavy atom. The molecular weight excluding hydrogens is 380 g/mol. The van der Waals surface area contributed by atoms with Crippen molar-refractivity contribution in [3.63, 3.8) is 0 Å². The third kappa shape index (κ3) is 3.91. The van der Waals surface area contributed by atoms with E-state index in [4.69, 9.17) is 9.16 Å². The first-order chi connectivity index (χ1) is 12.6. The maximum Gasteiger partial charge on any atom is 0.250 e. The highest BCUT2D eigenvalue weighted by molar-refractivity contribution is 7.20. The van der Waals surface area contributed by atoms with Crippen molar-refractivity contribution in [2.24, 2.45) is 10.8 Å². The highest BCUT2D eigenvalue weighted by Gasteiger charge is 2.42. The molecule has 154 valence electrons. The standard InChI is InChI=1S/C24H36O2SSi/c1-22(2,3)21-20(25-15-24(21,7)8)19-14-16-13-17(11-12-18(16)27-19)26-28(9,10)23(4,5)6/h11-14H,15H2,1-10H3. The van der Waals surface area contributed by atoms with Crippen molar-refractivity contribution < 1.29 is 9.16 Å². The molecule has 0 amide bonds. The van der Waals surface area contributed by atoms with Crippen molar-refractivity contribution in [2.75, 3.05) is 6.61 Å². The van der Waals surface area contributed by atoms with Crippen LogP contribution in [0.5, 0.6) is 5.75 Å². The minimum atomic E-state index is -1.84. The Hall–Kier alpha value is -1.26. The van der Waals surface area contributed by atoms with Crippen molar-refractivity contribution in [2.45, 2.75) is 73.5 Å². The molecule has 1 aromatic heterocycles. The van der Waals surface area contributed by atoms with Gasteiger partial charge in [0.05, 0.1) is 11.5 Å². The second-order valence-electron chi connectivity index (χ2n) is 11.3. The molecule has 28 heavy (non-hydrogen) atoms. The van der Waals surface area contributed by atoms with Gasteiger partial charge in [0.25, 0.3) is 0 Å². The highest BCUT2D eigenvalue weighted by atomic mass is 32.1. The molecule has 0 radical (unpaired) electrons. The van der Waals surface area contributed by atoms with Crippen molar-refractivity contribution >= 4 is 35.5 Å². The molecule has 1 aliphatic rings. The van der Waals surface area contributed by atoms with Crippen LogP contribution in [0.4, 0.5) is 0 Å². The fraction of sp³-hybridized carbons (Fsp3) is 0.583. The smallest absolute Gasteiger partial charge is 0.250 e. The van der Waals surface area contributed by atoms with Gasteiger partial charge in [-0.3, -0.25) is 0 Å². The van der Waals surface area contributed by atoms with E-state index in [1.54, 1.807) is 0 Å². The van der Waals surface area contributed by atoms with Gasteiger partial charge in [0.2, 0.25) is 8.32 Å². The molecule has 0 saturated carbocycles. The predicted molar refractivity (Wildman–Crippen MR) is 126 cm³/mol. The van der Waals surface area contributed by atoms with E-state index in [0.29, 0.717) is 0 Å². The average Bonchev–Trinajstić information content (AvgIpc) is 3.04. The molecule has 4 heteroatoms. The van der Waals surface area contributed by atoms with E-state index < -0.39 is 8.32 Å². The van der Waals surface area contributed by atoms with Gasteiger partial charge >= 0.3 is 0 Å². The minimum absolute atomic E-state index is 0.0698. The second-order valence-corrected chi connectivity index (χ2v) is 17.1. The Kier molecular flexibility index (Phi) is 5.08. The van der Waals surface area contributed by atoms with Crippen LogP contribution < -0.4 is 4.43 Å². The van der Waals surface area contributed by atoms with Gasteiger partial charge in [0, 0.05) is 10.1 Å². The first-order valence-electron chi connectivity index (χ1n) is 10.2. The van der Waals surface area contributed by atoms with E-state index in [-0.39, 0.29) is 15.9 Å². The summed E-state index contributed by atoms with van der Waals surface area (Å²) in [4.78, 5) is 1.23. The fourth-order valence-electron chi connectivity index (χ4n) is 3.90. The zero-order valence-corrected chi connectivity index (χ0v) is 21.1. The van der Waals surface area contributed by atoms with Gasteiger partial charge in [-0.1, -0.05) is 55.4 Å². The van der Waals surface area contributed by atoms with Crippen molar-refractivity contribution in [3.8, 4) is 5.75 Å². The molecular formula is C24H36O2SSi. The lowest BCUT2D eigenvalue weighted by Crippen LogP contribution is -2.43. The van der Waals surface area contributed by atoms with E-state index in [2.05, 4.69) is 92.7 Å². The molecule has 0 spiro atoms. The molecule has 0 aliphatic carbocycles. The summed E-state index contributed by atoms with van der Waals surface area (Å²) < 4.78 is 14.0. The maximum atomic E-state index is 6.52. The zero-order chi connectivity index (χ0) is 21.1. The van der Waals surface area contributed by atoms with E-state index in [0.717, 1.165) is 18.1 Å². The minimum Gasteiger partial charge on any atom is -0.543 e. The summed E-state index contributed by atoms with van der Waals surface area (Å²) in [5.74, 6) is 2.08. The van der Waals surface area contributed by atoms with Crippen molar-refractivity contribution in [1.82, 2.24) is 0 Å². The Bertz CT molecular complexity index is 920. The number of thiophene rings is 1. The van der Waals surface area contributed by atoms with Crippen LogP contribution in [-0.2, 0) is 4.74 Å². The van der Waals surface area contributed by atoms with Gasteiger partial charge in [-0.15, -0.1) is 11.3 Å². The van der Waals surface area contributed by atoms with Gasteiger partial charge in [0.15, 0.2) is 0 Å². The van der Waals surface area contributed by atoms with Crippen LogP contribution in [0.2, 0.25) is 18.1 Å². The topological polar surface area (TPSA) is 18.5 Å². The molecule has 2 heterocycles. The molecule has 0 bridgehead atoms. The Morgan fingerprint density at radius 3 is 2.25 bits per heavy atom. The molecule has 0 unspecified atom stereocenters. The maximum absolute atomic E-state index is 6.52. The quantitative estimate of drug-likeness (QED) is 0.470. The molecule has 3 rings (SSSR count). The monoisotopic (exact) mass is 416 g/mol. The van der Waals surface area contributed by atoms with E-state index in [9.17, 15) is 0 Å². The summed E-state index contributed by atoms with van der Waals surface area (Å²) in [7, 11) is -1.84. The SMILES string of the molecule is CC(C)(C)C1=C(c2cc3cc(O[Si](C)(C)C(C)(C)C)ccc3s2)OCC1(C)C. The molecule has 0 fully saturated rings. The Balaban J connectivity index is 2.02. The lowest BCUT2D eigenvalue weighted by Gasteiger charge is -2.36. The van der Waals surface area contributed by atoms with Crippen LogP contribution in [-0.4, -0.2) is 14.9 Å². The molecule has 0 atom stereocenters. The number of fused-ring (bicyclic) bond motifs is 1. The lowest BCUT2D eigenvalue weighted by atomic mass is 9.72. The average molecular weight is 417 g/mol. The second kappa shape index (κ2) is 6.63. The summed E-state index contributed by atoms with van der Waals surface area (Å²) in [6.07, 6.45) is 0. The van der Waals surface area contributed by atoms with Crippen molar-refractivity contribution in [1.29, 1.82) is 0 Å². The number of rotatable bonds is 3. The van der Waals surface area contributed by atoms with Crippen LogP contribution in [0.1, 0.15) is 60.3 Å². The third-order valence-corrected chi connectivity index (χ3v) is 11.6. The van der Waals surface area contributed by atoms with Gasteiger partial charge in [-0.05, 0) is 58.8 Å². The largest absolute Gasteiger partial charge is 0.543 e. The molecule has 2 aromatic rings. The van der Waals surface area contributed by atoms with Crippen LogP contribution >= 0.6 is 11.3 Å². The molecule has 1 aromatic carbocycles. The van der Waals surface area contributed by atoms with Gasteiger partial charge in [-0.2, -0.15) is 0 Å². The number of hydrogen-bond donors (Lipinski definition) is 0. The predicted octanol–water partition coefficient (Wildman–Crippen LogP) is 8.10. The third-order valence-electron chi connectivity index (χ3n) is 6.12. The van der Waals surface area contributed by atoms with E-state index in [1.165, 1.54) is 20.5 Å². The lowest BCUT2D eigenvalue weighted by molar-refractivity contribution is 0.214. The first kappa shape index (κ1) is 21.4. The summed E-state index contributed by atoms with van der Waals surface area (Å²) >= 11 is 1.82.